The molecule has 0 bridgehead atoms. The lowest BCUT2D eigenvalue weighted by Gasteiger charge is -2.24. The number of nitrogens with one attached hydrogen (secondary N) is 1. The zero-order valence-electron chi connectivity index (χ0n) is 13.7. The van der Waals surface area contributed by atoms with Crippen molar-refractivity contribution < 1.29 is 4.79 Å². The summed E-state index contributed by atoms with van der Waals surface area (Å²) in [5.74, 6) is 1.34. The van der Waals surface area contributed by atoms with Crippen molar-refractivity contribution >= 4 is 17.4 Å². The minimum atomic E-state index is 0.00948. The first-order chi connectivity index (χ1) is 12.3. The molecule has 2 heterocycles. The van der Waals surface area contributed by atoms with Crippen molar-refractivity contribution in [3.05, 3.63) is 83.8 Å². The Bertz CT molecular complexity index is 900. The lowest BCUT2D eigenvalue weighted by atomic mass is 10.1. The lowest BCUT2D eigenvalue weighted by Crippen LogP contribution is -2.35. The molecule has 3 aromatic rings. The van der Waals surface area contributed by atoms with Crippen LogP contribution in [0.15, 0.2) is 72.0 Å². The van der Waals surface area contributed by atoms with Crippen LogP contribution in [0.2, 0.25) is 0 Å². The highest BCUT2D eigenvalue weighted by Crippen LogP contribution is 2.22. The summed E-state index contributed by atoms with van der Waals surface area (Å²) in [5, 5.41) is 0. The number of fused-ring (bicyclic) bond motifs is 1. The van der Waals surface area contributed by atoms with Gasteiger partial charge in [-0.25, -0.2) is 9.98 Å². The number of Topliss-reactive ketones (excluding diaryl/α,β-unsaturated/α-hetero) is 1. The summed E-state index contributed by atoms with van der Waals surface area (Å²) >= 11 is 0. The second kappa shape index (κ2) is 6.73. The lowest BCUT2D eigenvalue weighted by molar-refractivity contribution is 0.0958. The molecule has 0 unspecified atom stereocenters. The fraction of sp³-hybridized carbons (Fsp3) is 0.150. The van der Waals surface area contributed by atoms with Gasteiger partial charge in [-0.05, 0) is 11.1 Å². The fourth-order valence-electron chi connectivity index (χ4n) is 2.99. The van der Waals surface area contributed by atoms with Gasteiger partial charge in [-0.3, -0.25) is 4.79 Å². The number of aromatic nitrogens is 2. The molecule has 0 atom stereocenters. The third-order valence-corrected chi connectivity index (χ3v) is 4.25. The van der Waals surface area contributed by atoms with E-state index in [-0.39, 0.29) is 12.3 Å². The third kappa shape index (κ3) is 3.35. The molecule has 25 heavy (non-hydrogen) atoms. The van der Waals surface area contributed by atoms with E-state index < -0.39 is 0 Å². The van der Waals surface area contributed by atoms with E-state index in [4.69, 9.17) is 4.99 Å². The van der Waals surface area contributed by atoms with E-state index in [9.17, 15) is 4.79 Å². The monoisotopic (exact) mass is 330 g/mol. The molecule has 0 saturated heterocycles. The summed E-state index contributed by atoms with van der Waals surface area (Å²) in [4.78, 5) is 26.5. The SMILES string of the molecule is O=C1CN(Cc2ccccc2)C(Cc2ccccc2)=Nc2nc[nH]c21. The first kappa shape index (κ1) is 15.3. The van der Waals surface area contributed by atoms with Crippen LogP contribution in [0.5, 0.6) is 0 Å². The Labute approximate surface area is 146 Å². The number of ketones is 1. The summed E-state index contributed by atoms with van der Waals surface area (Å²) in [6.45, 7) is 0.929. The van der Waals surface area contributed by atoms with Gasteiger partial charge in [0.15, 0.2) is 5.82 Å². The van der Waals surface area contributed by atoms with Gasteiger partial charge in [-0.1, -0.05) is 60.7 Å². The van der Waals surface area contributed by atoms with Crippen molar-refractivity contribution in [1.82, 2.24) is 14.9 Å². The molecule has 5 nitrogen and oxygen atoms in total. The number of rotatable bonds is 4. The minimum absolute atomic E-state index is 0.00948. The van der Waals surface area contributed by atoms with Crippen LogP contribution >= 0.6 is 0 Å². The van der Waals surface area contributed by atoms with Gasteiger partial charge in [0, 0.05) is 13.0 Å². The Morgan fingerprint density at radius 2 is 1.64 bits per heavy atom. The molecule has 0 fully saturated rings. The molecule has 124 valence electrons. The smallest absolute Gasteiger partial charge is 0.202 e. The minimum Gasteiger partial charge on any atom is -0.348 e. The third-order valence-electron chi connectivity index (χ3n) is 4.25. The molecular weight excluding hydrogens is 312 g/mol. The van der Waals surface area contributed by atoms with Crippen LogP contribution in [0.25, 0.3) is 0 Å². The van der Waals surface area contributed by atoms with Gasteiger partial charge in [0.05, 0.1) is 12.9 Å². The number of H-pyrrole nitrogens is 1. The quantitative estimate of drug-likeness (QED) is 0.798. The van der Waals surface area contributed by atoms with E-state index >= 15 is 0 Å². The number of carbonyl (C=O) groups excluding carboxylic acids is 1. The number of benzene rings is 2. The first-order valence-corrected chi connectivity index (χ1v) is 8.26. The zero-order valence-corrected chi connectivity index (χ0v) is 13.7. The Kier molecular flexibility index (Phi) is 4.12. The Hall–Kier alpha value is -3.21. The number of nitrogens with zero attached hydrogens (tertiary/aromatic N) is 3. The van der Waals surface area contributed by atoms with Crippen molar-refractivity contribution in [2.24, 2.45) is 4.99 Å². The summed E-state index contributed by atoms with van der Waals surface area (Å²) in [6.07, 6.45) is 2.19. The van der Waals surface area contributed by atoms with Crippen molar-refractivity contribution in [3.63, 3.8) is 0 Å². The summed E-state index contributed by atoms with van der Waals surface area (Å²) < 4.78 is 0. The second-order valence-corrected chi connectivity index (χ2v) is 6.06. The number of aliphatic imine (C=N–C) groups is 1. The maximum atomic E-state index is 12.6. The van der Waals surface area contributed by atoms with E-state index in [0.29, 0.717) is 24.5 Å². The molecule has 0 amide bonds. The van der Waals surface area contributed by atoms with E-state index in [1.165, 1.54) is 6.33 Å². The van der Waals surface area contributed by atoms with Crippen LogP contribution in [0.1, 0.15) is 21.6 Å². The van der Waals surface area contributed by atoms with Crippen LogP contribution in [0, 0.1) is 0 Å². The van der Waals surface area contributed by atoms with E-state index in [0.717, 1.165) is 17.0 Å². The molecule has 1 aliphatic heterocycles. The van der Waals surface area contributed by atoms with Gasteiger partial charge >= 0.3 is 0 Å². The predicted molar refractivity (Wildman–Crippen MR) is 97.0 cm³/mol. The van der Waals surface area contributed by atoms with E-state index in [1.54, 1.807) is 0 Å². The van der Waals surface area contributed by atoms with Gasteiger partial charge < -0.3 is 9.88 Å². The molecule has 4 rings (SSSR count). The average Bonchev–Trinajstić information content (AvgIpc) is 3.06. The molecule has 0 saturated carbocycles. The maximum absolute atomic E-state index is 12.6. The van der Waals surface area contributed by atoms with E-state index in [1.807, 2.05) is 41.3 Å². The summed E-state index contributed by atoms with van der Waals surface area (Å²) in [7, 11) is 0. The van der Waals surface area contributed by atoms with Crippen molar-refractivity contribution in [2.75, 3.05) is 6.54 Å². The summed E-state index contributed by atoms with van der Waals surface area (Å²) in [6, 6.07) is 20.3. The van der Waals surface area contributed by atoms with Gasteiger partial charge in [-0.2, -0.15) is 0 Å². The molecule has 1 aromatic heterocycles. The van der Waals surface area contributed by atoms with Crippen molar-refractivity contribution in [2.45, 2.75) is 13.0 Å². The number of hydrogen-bond donors (Lipinski definition) is 1. The highest BCUT2D eigenvalue weighted by Gasteiger charge is 2.25. The fourth-order valence-corrected chi connectivity index (χ4v) is 2.99. The molecule has 0 radical (unpaired) electrons. The highest BCUT2D eigenvalue weighted by atomic mass is 16.1. The molecule has 5 heteroatoms. The maximum Gasteiger partial charge on any atom is 0.202 e. The Morgan fingerprint density at radius 1 is 0.960 bits per heavy atom. The number of aromatic amines is 1. The van der Waals surface area contributed by atoms with Gasteiger partial charge in [0.2, 0.25) is 5.78 Å². The predicted octanol–water partition coefficient (Wildman–Crippen LogP) is 3.38. The average molecular weight is 330 g/mol. The van der Waals surface area contributed by atoms with Crippen LogP contribution in [-0.2, 0) is 13.0 Å². The highest BCUT2D eigenvalue weighted by molar-refractivity contribution is 6.04. The number of hydrogen-bond acceptors (Lipinski definition) is 4. The number of amidine groups is 1. The molecule has 1 N–H and O–H groups in total. The van der Waals surface area contributed by atoms with E-state index in [2.05, 4.69) is 34.2 Å². The normalized spacial score (nSPS) is 14.0. The Balaban J connectivity index is 1.69. The molecule has 0 spiro atoms. The van der Waals surface area contributed by atoms with Crippen molar-refractivity contribution in [1.29, 1.82) is 0 Å². The summed E-state index contributed by atoms with van der Waals surface area (Å²) in [5.41, 5.74) is 2.79. The molecule has 1 aliphatic rings. The van der Waals surface area contributed by atoms with Crippen LogP contribution in [-0.4, -0.2) is 33.0 Å². The standard InChI is InChI=1S/C20H18N4O/c25-17-13-24(12-16-9-5-2-6-10-16)18(11-15-7-3-1-4-8-15)23-20-19(17)21-14-22-20/h1-10,14H,11-13H2,(H,21,22). The molecule has 2 aromatic carbocycles. The number of imidazole rings is 1. The second-order valence-electron chi connectivity index (χ2n) is 6.06. The van der Waals surface area contributed by atoms with Crippen molar-refractivity contribution in [3.8, 4) is 0 Å². The Morgan fingerprint density at radius 3 is 2.36 bits per heavy atom. The van der Waals surface area contributed by atoms with Gasteiger partial charge in [-0.15, -0.1) is 0 Å². The molecular formula is C20H18N4O. The molecule has 0 aliphatic carbocycles. The van der Waals surface area contributed by atoms with Crippen LogP contribution < -0.4 is 0 Å². The zero-order chi connectivity index (χ0) is 17.1. The van der Waals surface area contributed by atoms with Gasteiger partial charge in [0.1, 0.15) is 11.5 Å². The van der Waals surface area contributed by atoms with Crippen LogP contribution in [0.4, 0.5) is 5.82 Å². The van der Waals surface area contributed by atoms with Crippen LogP contribution in [0.3, 0.4) is 0 Å². The topological polar surface area (TPSA) is 61.4 Å². The van der Waals surface area contributed by atoms with Gasteiger partial charge in [0.25, 0.3) is 0 Å². The largest absolute Gasteiger partial charge is 0.348 e. The first-order valence-electron chi connectivity index (χ1n) is 8.26. The number of carbonyl (C=O) groups is 1.